The number of nitrogens with two attached hydrogens (primary N) is 1. The fraction of sp³-hybridized carbons (Fsp3) is 0.429. The van der Waals surface area contributed by atoms with Crippen LogP contribution in [0.4, 0.5) is 0 Å². The van der Waals surface area contributed by atoms with Crippen LogP contribution < -0.4 is 5.73 Å². The van der Waals surface area contributed by atoms with Crippen LogP contribution in [0, 0.1) is 0 Å². The highest BCUT2D eigenvalue weighted by molar-refractivity contribution is 8.14. The van der Waals surface area contributed by atoms with Gasteiger partial charge in [0.25, 0.3) is 0 Å². The second kappa shape index (κ2) is 3.57. The van der Waals surface area contributed by atoms with E-state index in [0.29, 0.717) is 6.54 Å². The largest absolute Gasteiger partial charge is 0.330 e. The highest BCUT2D eigenvalue weighted by Gasteiger charge is 2.14. The van der Waals surface area contributed by atoms with Gasteiger partial charge in [-0.05, 0) is 24.8 Å². The predicted octanol–water partition coefficient (Wildman–Crippen LogP) is 0.622. The van der Waals surface area contributed by atoms with Gasteiger partial charge < -0.3 is 0 Å². The Hall–Kier alpha value is -0.770. The summed E-state index contributed by atoms with van der Waals surface area (Å²) >= 11 is 1.62. The zero-order chi connectivity index (χ0) is 8.27. The minimum Gasteiger partial charge on any atom is -0.279 e. The Kier molecular flexibility index (Phi) is 2.70. The van der Waals surface area contributed by atoms with E-state index < -0.39 is 0 Å². The monoisotopic (exact) mass is 170 g/mol. The summed E-state index contributed by atoms with van der Waals surface area (Å²) < 4.78 is 1.76. The summed E-state index contributed by atoms with van der Waals surface area (Å²) in [5.74, 6) is 0.902. The lowest BCUT2D eigenvalue weighted by Gasteiger charge is -2.07. The first kappa shape index (κ1) is 8.33. The molecule has 1 aliphatic rings. The maximum Gasteiger partial charge on any atom is 0.330 e. The molecule has 0 unspecified atom stereocenters. The number of rotatable bonds is 2. The third kappa shape index (κ3) is 2.08. The number of nitrogens with zero attached hydrogens (tertiary/aromatic N) is 2. The molecule has 0 aromatic carbocycles. The van der Waals surface area contributed by atoms with Crippen LogP contribution in [-0.2, 0) is 0 Å². The van der Waals surface area contributed by atoms with Crippen molar-refractivity contribution in [3.8, 4) is 0 Å². The van der Waals surface area contributed by atoms with E-state index in [1.54, 1.807) is 22.5 Å². The summed E-state index contributed by atoms with van der Waals surface area (Å²) in [7, 11) is 0. The zero-order valence-corrected chi connectivity index (χ0v) is 7.40. The molecule has 0 atom stereocenters. The van der Waals surface area contributed by atoms with Crippen LogP contribution in [0.15, 0.2) is 17.8 Å². The molecule has 0 aromatic heterocycles. The number of hydrazone groups is 1. The fourth-order valence-corrected chi connectivity index (χ4v) is 1.47. The molecule has 1 heterocycles. The van der Waals surface area contributed by atoms with Gasteiger partial charge in [0, 0.05) is 5.75 Å². The number of amidine groups is 1. The molecule has 3 nitrogen and oxygen atoms in total. The van der Waals surface area contributed by atoms with Crippen molar-refractivity contribution in [2.75, 3.05) is 12.3 Å². The SMILES string of the molecule is C=CC[N+]1=C(N)SCC(C)=N1. The van der Waals surface area contributed by atoms with Crippen molar-refractivity contribution < 1.29 is 4.68 Å². The van der Waals surface area contributed by atoms with Crippen LogP contribution in [0.25, 0.3) is 0 Å². The van der Waals surface area contributed by atoms with Crippen LogP contribution in [0.2, 0.25) is 0 Å². The molecule has 0 amide bonds. The van der Waals surface area contributed by atoms with Gasteiger partial charge in [0.2, 0.25) is 0 Å². The minimum atomic E-state index is 0.691. The normalized spacial score (nSPS) is 18.1. The van der Waals surface area contributed by atoms with E-state index in [-0.39, 0.29) is 0 Å². The molecule has 0 aliphatic carbocycles. The Morgan fingerprint density at radius 2 is 2.64 bits per heavy atom. The van der Waals surface area contributed by atoms with Crippen LogP contribution >= 0.6 is 11.8 Å². The Balaban J connectivity index is 2.79. The summed E-state index contributed by atoms with van der Waals surface area (Å²) in [6.07, 6.45) is 1.79. The summed E-state index contributed by atoms with van der Waals surface area (Å²) in [6, 6.07) is 0. The molecule has 0 fully saturated rings. The Morgan fingerprint density at radius 1 is 1.91 bits per heavy atom. The van der Waals surface area contributed by atoms with E-state index >= 15 is 0 Å². The van der Waals surface area contributed by atoms with Crippen molar-refractivity contribution in [2.45, 2.75) is 6.92 Å². The molecule has 0 radical (unpaired) electrons. The Bertz CT molecular complexity index is 230. The highest BCUT2D eigenvalue weighted by atomic mass is 32.2. The third-order valence-electron chi connectivity index (χ3n) is 1.28. The van der Waals surface area contributed by atoms with Crippen molar-refractivity contribution in [3.63, 3.8) is 0 Å². The van der Waals surface area contributed by atoms with Crippen molar-refractivity contribution in [1.29, 1.82) is 0 Å². The summed E-state index contributed by atoms with van der Waals surface area (Å²) in [5, 5.41) is 5.01. The van der Waals surface area contributed by atoms with Gasteiger partial charge >= 0.3 is 5.17 Å². The van der Waals surface area contributed by atoms with E-state index in [9.17, 15) is 0 Å². The molecule has 4 heteroatoms. The second-order valence-corrected chi connectivity index (χ2v) is 3.33. The number of hydrogen-bond acceptors (Lipinski definition) is 3. The standard InChI is InChI=1S/C7H11N3S/c1-3-4-10-7(8)11-5-6(2)9-10/h3,8H,1,4-5H2,2H3/p+1. The second-order valence-electron chi connectivity index (χ2n) is 2.33. The average Bonchev–Trinajstić information content (AvgIpc) is 1.98. The highest BCUT2D eigenvalue weighted by Crippen LogP contribution is 2.06. The van der Waals surface area contributed by atoms with E-state index in [2.05, 4.69) is 11.7 Å². The molecule has 0 saturated heterocycles. The lowest BCUT2D eigenvalue weighted by molar-refractivity contribution is -0.521. The molecule has 11 heavy (non-hydrogen) atoms. The van der Waals surface area contributed by atoms with Gasteiger partial charge in [-0.1, -0.05) is 11.7 Å². The zero-order valence-electron chi connectivity index (χ0n) is 6.58. The third-order valence-corrected chi connectivity index (χ3v) is 2.35. The van der Waals surface area contributed by atoms with Gasteiger partial charge in [0.05, 0.1) is 5.71 Å². The van der Waals surface area contributed by atoms with Gasteiger partial charge in [-0.2, -0.15) is 0 Å². The summed E-state index contributed by atoms with van der Waals surface area (Å²) in [5.41, 5.74) is 6.78. The molecule has 60 valence electrons. The van der Waals surface area contributed by atoms with Crippen LogP contribution in [0.5, 0.6) is 0 Å². The fourth-order valence-electron chi connectivity index (χ4n) is 0.790. The first-order valence-corrected chi connectivity index (χ1v) is 4.40. The van der Waals surface area contributed by atoms with Gasteiger partial charge in [-0.15, -0.1) is 4.68 Å². The van der Waals surface area contributed by atoms with E-state index in [1.165, 1.54) is 0 Å². The van der Waals surface area contributed by atoms with Crippen molar-refractivity contribution in [2.24, 2.45) is 10.8 Å². The maximum atomic E-state index is 5.68. The molecule has 1 aliphatic heterocycles. The van der Waals surface area contributed by atoms with Crippen LogP contribution in [-0.4, -0.2) is 27.9 Å². The molecule has 0 aromatic rings. The van der Waals surface area contributed by atoms with E-state index in [4.69, 9.17) is 5.73 Å². The number of hydrogen-bond donors (Lipinski definition) is 1. The Labute approximate surface area is 70.7 Å². The summed E-state index contributed by atoms with van der Waals surface area (Å²) in [4.78, 5) is 0. The molecule has 0 spiro atoms. The molecule has 1 rings (SSSR count). The molecule has 0 bridgehead atoms. The maximum absolute atomic E-state index is 5.68. The molecular formula is C7H12N3S+. The lowest BCUT2D eigenvalue weighted by Crippen LogP contribution is -2.28. The van der Waals surface area contributed by atoms with Gasteiger partial charge in [-0.25, -0.2) is 0 Å². The van der Waals surface area contributed by atoms with E-state index in [0.717, 1.165) is 16.6 Å². The predicted molar refractivity (Wildman–Crippen MR) is 50.1 cm³/mol. The molecule has 2 N–H and O–H groups in total. The number of thioether (sulfide) groups is 1. The topological polar surface area (TPSA) is 41.4 Å². The minimum absolute atomic E-state index is 0.691. The first-order valence-electron chi connectivity index (χ1n) is 3.41. The van der Waals surface area contributed by atoms with Crippen molar-refractivity contribution in [1.82, 2.24) is 0 Å². The van der Waals surface area contributed by atoms with Crippen molar-refractivity contribution >= 4 is 22.6 Å². The van der Waals surface area contributed by atoms with Gasteiger partial charge in [0.15, 0.2) is 0 Å². The van der Waals surface area contributed by atoms with Crippen LogP contribution in [0.1, 0.15) is 6.92 Å². The van der Waals surface area contributed by atoms with Gasteiger partial charge in [-0.3, -0.25) is 5.73 Å². The lowest BCUT2D eigenvalue weighted by atomic mass is 10.5. The van der Waals surface area contributed by atoms with Gasteiger partial charge in [0.1, 0.15) is 6.54 Å². The summed E-state index contributed by atoms with van der Waals surface area (Å²) in [6.45, 7) is 6.31. The first-order chi connectivity index (χ1) is 5.24. The van der Waals surface area contributed by atoms with Crippen LogP contribution in [0.3, 0.4) is 0 Å². The van der Waals surface area contributed by atoms with E-state index in [1.807, 2.05) is 6.92 Å². The van der Waals surface area contributed by atoms with Crippen molar-refractivity contribution in [3.05, 3.63) is 12.7 Å². The smallest absolute Gasteiger partial charge is 0.279 e. The average molecular weight is 170 g/mol. The Morgan fingerprint density at radius 3 is 3.27 bits per heavy atom. The molecule has 0 saturated carbocycles. The quantitative estimate of drug-likeness (QED) is 0.487. The molecular weight excluding hydrogens is 158 g/mol.